The quantitative estimate of drug-likeness (QED) is 0.386. The normalized spacial score (nSPS) is 51.3. The van der Waals surface area contributed by atoms with Gasteiger partial charge >= 0.3 is 17.9 Å². The lowest BCUT2D eigenvalue weighted by Gasteiger charge is -2.71. The fourth-order valence-corrected chi connectivity index (χ4v) is 11.1. The molecule has 0 bridgehead atoms. The molecule has 7 nitrogen and oxygen atoms in total. The summed E-state index contributed by atoms with van der Waals surface area (Å²) in [6.45, 7) is 16.5. The van der Waals surface area contributed by atoms with E-state index in [0.717, 1.165) is 32.1 Å². The minimum Gasteiger partial charge on any atom is -0.462 e. The lowest BCUT2D eigenvalue weighted by molar-refractivity contribution is -0.273. The molecule has 0 aromatic rings. The van der Waals surface area contributed by atoms with E-state index in [1.54, 1.807) is 0 Å². The van der Waals surface area contributed by atoms with Crippen LogP contribution in [-0.2, 0) is 28.6 Å². The summed E-state index contributed by atoms with van der Waals surface area (Å²) in [4.78, 5) is 36.7. The molecule has 0 radical (unpaired) electrons. The Hall–Kier alpha value is -1.63. The molecule has 38 heavy (non-hydrogen) atoms. The highest BCUT2D eigenvalue weighted by Gasteiger charge is 2.76. The Labute approximate surface area is 227 Å². The summed E-state index contributed by atoms with van der Waals surface area (Å²) in [5.74, 6) is -0.502. The van der Waals surface area contributed by atoms with Gasteiger partial charge in [-0.05, 0) is 80.0 Å². The molecule has 7 heteroatoms. The van der Waals surface area contributed by atoms with E-state index >= 15 is 0 Å². The SMILES string of the molecule is CC(=O)OC1CC[C@@]2(C)C(CC[C@]3(C)C2C[C@@H](OC(C)=O)C2[C@@](O)([C@]4(C)CCC(=O)O4)CC[C@]23C)C1(C)C. The van der Waals surface area contributed by atoms with Gasteiger partial charge in [-0.3, -0.25) is 14.4 Å². The van der Waals surface area contributed by atoms with Crippen molar-refractivity contribution in [3.63, 3.8) is 0 Å². The molecule has 1 N–H and O–H groups in total. The zero-order valence-corrected chi connectivity index (χ0v) is 24.6. The zero-order chi connectivity index (χ0) is 28.1. The second-order valence-electron chi connectivity index (χ2n) is 14.9. The average Bonchev–Trinajstić information content (AvgIpc) is 3.30. The molecular formula is C31H48O7. The number of hydrogen-bond donors (Lipinski definition) is 1. The molecule has 0 aromatic carbocycles. The third-order valence-corrected chi connectivity index (χ3v) is 13.0. The van der Waals surface area contributed by atoms with Gasteiger partial charge in [-0.25, -0.2) is 0 Å². The van der Waals surface area contributed by atoms with E-state index in [0.29, 0.717) is 31.6 Å². The van der Waals surface area contributed by atoms with Crippen LogP contribution in [0, 0.1) is 39.4 Å². The standard InChI is InChI=1S/C31H48O7/c1-18(32)36-20-17-22-27(5)12-10-23(37-19(2)33)26(3,4)21(27)9-13-28(22,6)29(7)15-16-31(35,25(20)29)30(8)14-11-24(34)38-30/h20-23,25,35H,9-17H2,1-8H3/t20-,21?,22?,23?,25?,27+,28-,29-,30+,31-/m1/s1. The predicted molar refractivity (Wildman–Crippen MR) is 141 cm³/mol. The minimum absolute atomic E-state index is 0.0238. The Morgan fingerprint density at radius 1 is 0.842 bits per heavy atom. The van der Waals surface area contributed by atoms with Crippen LogP contribution < -0.4 is 0 Å². The van der Waals surface area contributed by atoms with E-state index in [2.05, 4.69) is 34.6 Å². The van der Waals surface area contributed by atoms with Gasteiger partial charge in [0, 0.05) is 38.0 Å². The van der Waals surface area contributed by atoms with Gasteiger partial charge in [0.05, 0.1) is 0 Å². The Morgan fingerprint density at radius 3 is 2.08 bits per heavy atom. The lowest BCUT2D eigenvalue weighted by Crippen LogP contribution is -2.70. The van der Waals surface area contributed by atoms with Crippen LogP contribution in [-0.4, -0.2) is 46.4 Å². The summed E-state index contributed by atoms with van der Waals surface area (Å²) >= 11 is 0. The first-order valence-electron chi connectivity index (χ1n) is 14.7. The summed E-state index contributed by atoms with van der Waals surface area (Å²) in [5, 5.41) is 12.5. The molecule has 0 spiro atoms. The van der Waals surface area contributed by atoms with E-state index in [4.69, 9.17) is 14.2 Å². The van der Waals surface area contributed by atoms with Crippen molar-refractivity contribution in [2.24, 2.45) is 39.4 Å². The Balaban J connectivity index is 1.58. The van der Waals surface area contributed by atoms with Crippen LogP contribution in [0.1, 0.15) is 113 Å². The molecule has 10 atom stereocenters. The smallest absolute Gasteiger partial charge is 0.306 e. The summed E-state index contributed by atoms with van der Waals surface area (Å²) in [6.07, 6.45) is 6.03. The molecule has 1 heterocycles. The van der Waals surface area contributed by atoms with Gasteiger partial charge in [-0.1, -0.05) is 34.6 Å². The average molecular weight is 533 g/mol. The number of hydrogen-bond acceptors (Lipinski definition) is 7. The molecule has 0 amide bonds. The number of carbonyl (C=O) groups is 3. The number of ether oxygens (including phenoxy) is 3. The van der Waals surface area contributed by atoms with Gasteiger partial charge < -0.3 is 19.3 Å². The van der Waals surface area contributed by atoms with E-state index in [1.807, 2.05) is 6.92 Å². The van der Waals surface area contributed by atoms with Crippen molar-refractivity contribution in [3.8, 4) is 0 Å². The first-order valence-corrected chi connectivity index (χ1v) is 14.7. The monoisotopic (exact) mass is 532 g/mol. The molecule has 4 aliphatic carbocycles. The van der Waals surface area contributed by atoms with Gasteiger partial charge in [0.2, 0.25) is 0 Å². The van der Waals surface area contributed by atoms with Crippen molar-refractivity contribution < 1.29 is 33.7 Å². The van der Waals surface area contributed by atoms with E-state index in [-0.39, 0.29) is 57.5 Å². The third kappa shape index (κ3) is 3.51. The molecule has 5 fully saturated rings. The van der Waals surface area contributed by atoms with Crippen molar-refractivity contribution in [1.82, 2.24) is 0 Å². The number of rotatable bonds is 3. The van der Waals surface area contributed by atoms with E-state index < -0.39 is 17.3 Å². The van der Waals surface area contributed by atoms with E-state index in [9.17, 15) is 19.5 Å². The first-order chi connectivity index (χ1) is 17.4. The van der Waals surface area contributed by atoms with Crippen molar-refractivity contribution in [2.45, 2.75) is 137 Å². The van der Waals surface area contributed by atoms with Crippen LogP contribution in [0.4, 0.5) is 0 Å². The van der Waals surface area contributed by atoms with Gasteiger partial charge in [0.1, 0.15) is 23.4 Å². The van der Waals surface area contributed by atoms with Crippen LogP contribution in [0.2, 0.25) is 0 Å². The molecule has 1 aliphatic heterocycles. The second kappa shape index (κ2) is 8.44. The molecule has 5 aliphatic rings. The summed E-state index contributed by atoms with van der Waals surface area (Å²) in [6, 6.07) is 0. The summed E-state index contributed by atoms with van der Waals surface area (Å²) in [7, 11) is 0. The number of cyclic esters (lactones) is 1. The van der Waals surface area contributed by atoms with Crippen LogP contribution in [0.5, 0.6) is 0 Å². The van der Waals surface area contributed by atoms with Gasteiger partial charge in [0.25, 0.3) is 0 Å². The fraction of sp³-hybridized carbons (Fsp3) is 0.903. The van der Waals surface area contributed by atoms with E-state index in [1.165, 1.54) is 13.8 Å². The Morgan fingerprint density at radius 2 is 1.50 bits per heavy atom. The maximum absolute atomic E-state index is 12.5. The van der Waals surface area contributed by atoms with Crippen molar-refractivity contribution in [2.75, 3.05) is 0 Å². The lowest BCUT2D eigenvalue weighted by atomic mass is 9.35. The maximum atomic E-state index is 12.5. The molecule has 1 saturated heterocycles. The van der Waals surface area contributed by atoms with Crippen LogP contribution in [0.25, 0.3) is 0 Å². The maximum Gasteiger partial charge on any atom is 0.306 e. The zero-order valence-electron chi connectivity index (χ0n) is 24.6. The molecule has 5 rings (SSSR count). The van der Waals surface area contributed by atoms with Crippen LogP contribution in [0.15, 0.2) is 0 Å². The molecule has 4 unspecified atom stereocenters. The predicted octanol–water partition coefficient (Wildman–Crippen LogP) is 5.36. The largest absolute Gasteiger partial charge is 0.462 e. The highest BCUT2D eigenvalue weighted by atomic mass is 16.6. The first kappa shape index (κ1) is 27.9. The van der Waals surface area contributed by atoms with Crippen molar-refractivity contribution in [3.05, 3.63) is 0 Å². The van der Waals surface area contributed by atoms with Gasteiger partial charge in [-0.15, -0.1) is 0 Å². The van der Waals surface area contributed by atoms with Gasteiger partial charge in [-0.2, -0.15) is 0 Å². The van der Waals surface area contributed by atoms with Crippen molar-refractivity contribution >= 4 is 17.9 Å². The third-order valence-electron chi connectivity index (χ3n) is 13.0. The summed E-state index contributed by atoms with van der Waals surface area (Å²) in [5.41, 5.74) is -2.83. The van der Waals surface area contributed by atoms with Gasteiger partial charge in [0.15, 0.2) is 0 Å². The van der Waals surface area contributed by atoms with Crippen LogP contribution >= 0.6 is 0 Å². The molecule has 214 valence electrons. The van der Waals surface area contributed by atoms with Crippen molar-refractivity contribution in [1.29, 1.82) is 0 Å². The summed E-state index contributed by atoms with van der Waals surface area (Å²) < 4.78 is 17.8. The molecule has 0 aromatic heterocycles. The van der Waals surface area contributed by atoms with Crippen LogP contribution in [0.3, 0.4) is 0 Å². The molecular weight excluding hydrogens is 484 g/mol. The number of aliphatic hydroxyl groups is 1. The number of esters is 3. The highest BCUT2D eigenvalue weighted by Crippen LogP contribution is 2.77. The highest BCUT2D eigenvalue weighted by molar-refractivity contribution is 5.72. The topological polar surface area (TPSA) is 99.1 Å². The number of carbonyl (C=O) groups excluding carboxylic acids is 3. The fourth-order valence-electron chi connectivity index (χ4n) is 11.1. The second-order valence-corrected chi connectivity index (χ2v) is 14.9. The number of fused-ring (bicyclic) bond motifs is 5. The Bertz CT molecular complexity index is 1040. The molecule has 4 saturated carbocycles. The Kier molecular flexibility index (Phi) is 6.20. The minimum atomic E-state index is -1.26.